The molecule has 7 heteroatoms. The summed E-state index contributed by atoms with van der Waals surface area (Å²) in [5, 5.41) is 0. The average Bonchev–Trinajstić information content (AvgIpc) is 2.81. The monoisotopic (exact) mass is 300 g/mol. The quantitative estimate of drug-likeness (QED) is 0.754. The maximum Gasteiger partial charge on any atom is 0.231 e. The number of nitrogens with one attached hydrogen (secondary N) is 1. The molecule has 0 bridgehead atoms. The molecule has 0 amide bonds. The van der Waals surface area contributed by atoms with E-state index in [1.165, 1.54) is 6.26 Å². The lowest BCUT2D eigenvalue weighted by molar-refractivity contribution is 0.174. The normalized spacial score (nSPS) is 13.9. The summed E-state index contributed by atoms with van der Waals surface area (Å²) in [6.07, 6.45) is 1.94. The van der Waals surface area contributed by atoms with Crippen molar-refractivity contribution in [2.45, 2.75) is 13.0 Å². The van der Waals surface area contributed by atoms with Crippen molar-refractivity contribution in [1.82, 2.24) is 9.62 Å². The molecule has 20 heavy (non-hydrogen) atoms. The number of fused-ring (bicyclic) bond motifs is 1. The second kappa shape index (κ2) is 6.43. The van der Waals surface area contributed by atoms with Crippen molar-refractivity contribution in [2.75, 3.05) is 33.2 Å². The van der Waals surface area contributed by atoms with E-state index in [9.17, 15) is 8.42 Å². The third-order valence-electron chi connectivity index (χ3n) is 2.97. The van der Waals surface area contributed by atoms with Gasteiger partial charge in [-0.3, -0.25) is 0 Å². The summed E-state index contributed by atoms with van der Waals surface area (Å²) in [4.78, 5) is 2.14. The van der Waals surface area contributed by atoms with E-state index in [-0.39, 0.29) is 6.79 Å². The van der Waals surface area contributed by atoms with E-state index in [1.807, 2.05) is 25.2 Å². The first-order valence-electron chi connectivity index (χ1n) is 6.46. The number of hydrogen-bond acceptors (Lipinski definition) is 5. The van der Waals surface area contributed by atoms with Gasteiger partial charge in [0.05, 0.1) is 6.26 Å². The first kappa shape index (κ1) is 15.1. The highest BCUT2D eigenvalue weighted by atomic mass is 32.2. The van der Waals surface area contributed by atoms with Gasteiger partial charge in [0, 0.05) is 13.1 Å². The van der Waals surface area contributed by atoms with Crippen LogP contribution in [0.5, 0.6) is 11.5 Å². The predicted molar refractivity (Wildman–Crippen MR) is 76.4 cm³/mol. The number of nitrogens with zero attached hydrogens (tertiary/aromatic N) is 1. The smallest absolute Gasteiger partial charge is 0.231 e. The average molecular weight is 300 g/mol. The molecule has 6 nitrogen and oxygen atoms in total. The van der Waals surface area contributed by atoms with Crippen LogP contribution in [0.3, 0.4) is 0 Å². The van der Waals surface area contributed by atoms with E-state index in [0.29, 0.717) is 6.54 Å². The summed E-state index contributed by atoms with van der Waals surface area (Å²) in [5.74, 6) is 1.57. The fraction of sp³-hybridized carbons (Fsp3) is 0.538. The van der Waals surface area contributed by atoms with Crippen LogP contribution >= 0.6 is 0 Å². The van der Waals surface area contributed by atoms with Crippen LogP contribution in [0.4, 0.5) is 0 Å². The Hall–Kier alpha value is -1.31. The molecule has 0 unspecified atom stereocenters. The predicted octanol–water partition coefficient (Wildman–Crippen LogP) is 0.786. The zero-order valence-electron chi connectivity index (χ0n) is 11.8. The Morgan fingerprint density at radius 3 is 2.80 bits per heavy atom. The zero-order valence-corrected chi connectivity index (χ0v) is 12.6. The van der Waals surface area contributed by atoms with Gasteiger partial charge in [0.1, 0.15) is 0 Å². The Balaban J connectivity index is 1.75. The van der Waals surface area contributed by atoms with Gasteiger partial charge in [0.15, 0.2) is 11.5 Å². The molecular weight excluding hydrogens is 280 g/mol. The van der Waals surface area contributed by atoms with Gasteiger partial charge in [-0.05, 0) is 37.7 Å². The number of ether oxygens (including phenoxy) is 2. The van der Waals surface area contributed by atoms with E-state index < -0.39 is 10.0 Å². The molecule has 1 aromatic carbocycles. The minimum atomic E-state index is -3.09. The van der Waals surface area contributed by atoms with Crippen molar-refractivity contribution in [1.29, 1.82) is 0 Å². The van der Waals surface area contributed by atoms with Crippen molar-refractivity contribution in [2.24, 2.45) is 0 Å². The Labute approximate surface area is 119 Å². The summed E-state index contributed by atoms with van der Waals surface area (Å²) in [6, 6.07) is 5.91. The molecule has 0 atom stereocenters. The lowest BCUT2D eigenvalue weighted by Crippen LogP contribution is -2.27. The first-order chi connectivity index (χ1) is 9.44. The van der Waals surface area contributed by atoms with Gasteiger partial charge in [-0.25, -0.2) is 13.1 Å². The summed E-state index contributed by atoms with van der Waals surface area (Å²) in [5.41, 5.74) is 1.15. The summed E-state index contributed by atoms with van der Waals surface area (Å²) >= 11 is 0. The van der Waals surface area contributed by atoms with Crippen molar-refractivity contribution in [3.05, 3.63) is 23.8 Å². The molecular formula is C13H20N2O4S. The van der Waals surface area contributed by atoms with Crippen LogP contribution in [0.25, 0.3) is 0 Å². The highest BCUT2D eigenvalue weighted by Crippen LogP contribution is 2.32. The van der Waals surface area contributed by atoms with Crippen molar-refractivity contribution in [3.63, 3.8) is 0 Å². The van der Waals surface area contributed by atoms with Gasteiger partial charge >= 0.3 is 0 Å². The van der Waals surface area contributed by atoms with E-state index in [0.717, 1.165) is 36.6 Å². The highest BCUT2D eigenvalue weighted by molar-refractivity contribution is 7.88. The molecule has 1 N–H and O–H groups in total. The largest absolute Gasteiger partial charge is 0.454 e. The summed E-state index contributed by atoms with van der Waals surface area (Å²) in [7, 11) is -1.08. The summed E-state index contributed by atoms with van der Waals surface area (Å²) < 4.78 is 34.9. The molecule has 0 radical (unpaired) electrons. The van der Waals surface area contributed by atoms with Gasteiger partial charge in [0.25, 0.3) is 0 Å². The fourth-order valence-corrected chi connectivity index (χ4v) is 2.55. The van der Waals surface area contributed by atoms with Crippen LogP contribution in [0.2, 0.25) is 0 Å². The standard InChI is InChI=1S/C13H20N2O4S/c1-15(7-3-6-14-20(2,16)17)9-11-4-5-12-13(8-11)19-10-18-12/h4-5,8,14H,3,6-7,9-10H2,1-2H3. The minimum Gasteiger partial charge on any atom is -0.454 e. The SMILES string of the molecule is CN(CCCNS(C)(=O)=O)Cc1ccc2c(c1)OCO2. The fourth-order valence-electron chi connectivity index (χ4n) is 2.04. The number of benzene rings is 1. The van der Waals surface area contributed by atoms with Gasteiger partial charge in [-0.1, -0.05) is 6.07 Å². The van der Waals surface area contributed by atoms with Crippen molar-refractivity contribution >= 4 is 10.0 Å². The lowest BCUT2D eigenvalue weighted by Gasteiger charge is -2.16. The highest BCUT2D eigenvalue weighted by Gasteiger charge is 2.13. The second-order valence-electron chi connectivity index (χ2n) is 4.95. The van der Waals surface area contributed by atoms with Crippen LogP contribution in [-0.4, -0.2) is 46.5 Å². The molecule has 0 fully saturated rings. The Morgan fingerprint density at radius 1 is 1.30 bits per heavy atom. The molecule has 0 aromatic heterocycles. The van der Waals surface area contributed by atoms with Crippen LogP contribution in [0.15, 0.2) is 18.2 Å². The van der Waals surface area contributed by atoms with Gasteiger partial charge < -0.3 is 14.4 Å². The minimum absolute atomic E-state index is 0.284. The molecule has 1 aliphatic rings. The number of rotatable bonds is 7. The van der Waals surface area contributed by atoms with E-state index >= 15 is 0 Å². The molecule has 0 saturated heterocycles. The van der Waals surface area contributed by atoms with Crippen LogP contribution in [-0.2, 0) is 16.6 Å². The number of hydrogen-bond donors (Lipinski definition) is 1. The van der Waals surface area contributed by atoms with Gasteiger partial charge in [-0.15, -0.1) is 0 Å². The Bertz CT molecular complexity index is 559. The molecule has 1 aliphatic heterocycles. The molecule has 1 heterocycles. The number of sulfonamides is 1. The third-order valence-corrected chi connectivity index (χ3v) is 3.70. The lowest BCUT2D eigenvalue weighted by atomic mass is 10.2. The van der Waals surface area contributed by atoms with Crippen molar-refractivity contribution < 1.29 is 17.9 Å². The molecule has 112 valence electrons. The first-order valence-corrected chi connectivity index (χ1v) is 8.35. The Kier molecular flexibility index (Phi) is 4.85. The zero-order chi connectivity index (χ0) is 14.6. The van der Waals surface area contributed by atoms with Crippen LogP contribution in [0.1, 0.15) is 12.0 Å². The maximum atomic E-state index is 10.9. The second-order valence-corrected chi connectivity index (χ2v) is 6.78. The van der Waals surface area contributed by atoms with E-state index in [1.54, 1.807) is 0 Å². The van der Waals surface area contributed by atoms with Crippen molar-refractivity contribution in [3.8, 4) is 11.5 Å². The van der Waals surface area contributed by atoms with Crippen LogP contribution in [0, 0.1) is 0 Å². The van der Waals surface area contributed by atoms with E-state index in [4.69, 9.17) is 9.47 Å². The molecule has 0 spiro atoms. The molecule has 0 saturated carbocycles. The van der Waals surface area contributed by atoms with Gasteiger partial charge in [-0.2, -0.15) is 0 Å². The van der Waals surface area contributed by atoms with Crippen LogP contribution < -0.4 is 14.2 Å². The third kappa shape index (κ3) is 4.66. The maximum absolute atomic E-state index is 10.9. The van der Waals surface area contributed by atoms with Gasteiger partial charge in [0.2, 0.25) is 16.8 Å². The Morgan fingerprint density at radius 2 is 2.05 bits per heavy atom. The molecule has 0 aliphatic carbocycles. The molecule has 2 rings (SSSR count). The summed E-state index contributed by atoms with van der Waals surface area (Å²) in [6.45, 7) is 2.35. The molecule has 1 aromatic rings. The van der Waals surface area contributed by atoms with E-state index in [2.05, 4.69) is 9.62 Å². The topological polar surface area (TPSA) is 67.9 Å².